The Morgan fingerprint density at radius 3 is 1.13 bits per heavy atom. The second-order valence-corrected chi connectivity index (χ2v) is 16.1. The number of halogens is 15. The maximum atomic E-state index is 14.7. The zero-order valence-electron chi connectivity index (χ0n) is 34.8. The normalized spacial score (nSPS) is 12.9. The Labute approximate surface area is 381 Å². The van der Waals surface area contributed by atoms with Crippen molar-refractivity contribution in [3.8, 4) is 61.3 Å². The highest BCUT2D eigenvalue weighted by Crippen LogP contribution is 2.47. The van der Waals surface area contributed by atoms with E-state index in [1.807, 2.05) is 0 Å². The van der Waals surface area contributed by atoms with E-state index in [2.05, 4.69) is 0 Å². The molecule has 0 amide bonds. The van der Waals surface area contributed by atoms with Crippen LogP contribution in [0.4, 0.5) is 65.9 Å². The van der Waals surface area contributed by atoms with Gasteiger partial charge in [0.15, 0.2) is 0 Å². The van der Waals surface area contributed by atoms with Crippen LogP contribution in [0.25, 0.3) is 83.1 Å². The monoisotopic (exact) mass is 963 g/mol. The van der Waals surface area contributed by atoms with Crippen LogP contribution in [0.5, 0.6) is 0 Å². The molecule has 1 aromatic heterocycles. The molecule has 16 heteroatoms. The highest BCUT2D eigenvalue weighted by atomic mass is 19.4. The Morgan fingerprint density at radius 2 is 0.667 bits per heavy atom. The number of hydrogen-bond donors (Lipinski definition) is 0. The molecule has 0 aliphatic heterocycles. The van der Waals surface area contributed by atoms with Crippen molar-refractivity contribution in [3.05, 3.63) is 198 Å². The van der Waals surface area contributed by atoms with Crippen LogP contribution < -0.4 is 0 Å². The van der Waals surface area contributed by atoms with E-state index in [1.54, 1.807) is 77.4 Å². The van der Waals surface area contributed by atoms with Crippen LogP contribution in [0.15, 0.2) is 170 Å². The summed E-state index contributed by atoms with van der Waals surface area (Å²) in [5.41, 5.74) is -6.24. The summed E-state index contributed by atoms with van der Waals surface area (Å²) in [6.45, 7) is 0. The molecule has 0 spiro atoms. The number of alkyl halides is 15. The number of rotatable bonds is 6. The summed E-state index contributed by atoms with van der Waals surface area (Å²) < 4.78 is 214. The van der Waals surface area contributed by atoms with Gasteiger partial charge >= 0.3 is 30.9 Å². The summed E-state index contributed by atoms with van der Waals surface area (Å²) in [6.07, 6.45) is -25.7. The number of hydrogen-bond acceptors (Lipinski definition) is 0. The van der Waals surface area contributed by atoms with Crippen LogP contribution in [0.2, 0.25) is 0 Å². The van der Waals surface area contributed by atoms with E-state index in [9.17, 15) is 65.9 Å². The first-order chi connectivity index (χ1) is 32.4. The molecule has 0 atom stereocenters. The van der Waals surface area contributed by atoms with Crippen LogP contribution in [0.3, 0.4) is 0 Å². The largest absolute Gasteiger partial charge is 0.417 e. The van der Waals surface area contributed by atoms with Crippen LogP contribution in [-0.2, 0) is 30.9 Å². The zero-order valence-corrected chi connectivity index (χ0v) is 34.8. The molecule has 1 nitrogen and oxygen atoms in total. The van der Waals surface area contributed by atoms with Crippen molar-refractivity contribution < 1.29 is 65.9 Å². The lowest BCUT2D eigenvalue weighted by Gasteiger charge is -2.20. The molecule has 0 saturated heterocycles. The van der Waals surface area contributed by atoms with E-state index < -0.39 is 69.8 Å². The maximum Gasteiger partial charge on any atom is 0.417 e. The van der Waals surface area contributed by atoms with Gasteiger partial charge in [-0.1, -0.05) is 91.0 Å². The van der Waals surface area contributed by atoms with Crippen molar-refractivity contribution >= 4 is 21.8 Å². The summed E-state index contributed by atoms with van der Waals surface area (Å²) in [5.74, 6) is 0. The molecule has 0 saturated carbocycles. The molecule has 350 valence electrons. The average molecular weight is 964 g/mol. The van der Waals surface area contributed by atoms with Crippen LogP contribution in [-0.4, -0.2) is 4.57 Å². The maximum absolute atomic E-state index is 14.7. The van der Waals surface area contributed by atoms with Crippen molar-refractivity contribution in [2.24, 2.45) is 0 Å². The van der Waals surface area contributed by atoms with Crippen molar-refractivity contribution in [2.45, 2.75) is 30.9 Å². The first-order valence-electron chi connectivity index (χ1n) is 20.5. The average Bonchev–Trinajstić information content (AvgIpc) is 3.63. The highest BCUT2D eigenvalue weighted by molar-refractivity contribution is 6.12. The Kier molecular flexibility index (Phi) is 11.2. The minimum absolute atomic E-state index is 0.0465. The molecule has 0 unspecified atom stereocenters. The van der Waals surface area contributed by atoms with Gasteiger partial charge in [0.25, 0.3) is 0 Å². The number of nitrogens with zero attached hydrogens (tertiary/aromatic N) is 1. The Hall–Kier alpha value is -7.49. The first kappa shape index (κ1) is 46.6. The third-order valence-corrected chi connectivity index (χ3v) is 11.7. The molecule has 0 aliphatic carbocycles. The molecule has 0 fully saturated rings. The van der Waals surface area contributed by atoms with Gasteiger partial charge in [0.05, 0.1) is 44.5 Å². The zero-order chi connectivity index (χ0) is 49.4. The Balaban J connectivity index is 1.35. The number of aromatic nitrogens is 1. The predicted octanol–water partition coefficient (Wildman–Crippen LogP) is 18.2. The van der Waals surface area contributed by atoms with Gasteiger partial charge in [0.1, 0.15) is 0 Å². The van der Waals surface area contributed by atoms with E-state index in [-0.39, 0.29) is 67.4 Å². The highest BCUT2D eigenvalue weighted by Gasteiger charge is 2.39. The molecular formula is C53H28F15N. The van der Waals surface area contributed by atoms with E-state index in [0.29, 0.717) is 41.0 Å². The topological polar surface area (TPSA) is 4.93 Å². The smallest absolute Gasteiger partial charge is 0.309 e. The van der Waals surface area contributed by atoms with Crippen LogP contribution in [0.1, 0.15) is 27.8 Å². The lowest BCUT2D eigenvalue weighted by Crippen LogP contribution is -2.11. The summed E-state index contributed by atoms with van der Waals surface area (Å²) in [6, 6.07) is 34.9. The molecule has 69 heavy (non-hydrogen) atoms. The predicted molar refractivity (Wildman–Crippen MR) is 233 cm³/mol. The summed E-state index contributed by atoms with van der Waals surface area (Å²) in [7, 11) is 0. The second kappa shape index (κ2) is 16.6. The lowest BCUT2D eigenvalue weighted by atomic mass is 9.88. The molecule has 8 aromatic carbocycles. The second-order valence-electron chi connectivity index (χ2n) is 16.1. The van der Waals surface area contributed by atoms with Crippen molar-refractivity contribution in [1.82, 2.24) is 4.57 Å². The number of para-hydroxylation sites is 1. The molecule has 0 N–H and O–H groups in total. The van der Waals surface area contributed by atoms with E-state index in [4.69, 9.17) is 0 Å². The third-order valence-electron chi connectivity index (χ3n) is 11.7. The molecule has 9 rings (SSSR count). The fourth-order valence-electron chi connectivity index (χ4n) is 8.56. The van der Waals surface area contributed by atoms with Crippen LogP contribution >= 0.6 is 0 Å². The Bertz CT molecular complexity index is 3230. The fourth-order valence-corrected chi connectivity index (χ4v) is 8.56. The van der Waals surface area contributed by atoms with E-state index in [1.165, 1.54) is 54.6 Å². The van der Waals surface area contributed by atoms with E-state index >= 15 is 0 Å². The number of fused-ring (bicyclic) bond motifs is 3. The minimum atomic E-state index is -5.21. The SMILES string of the molecule is FC(F)(F)c1cc(-c2ccc3c(c2)c2cc(-c4cc(C(F)(F)F)cc(C(F)(F)F)c4)ccc2n3-c2ccccc2-c2ccc(-c3ccccc3)cc2-c2ccccc2C(F)(F)F)cc(C(F)(F)F)c1. The molecule has 0 bridgehead atoms. The van der Waals surface area contributed by atoms with Gasteiger partial charge in [0.2, 0.25) is 0 Å². The standard InChI is InChI=1S/C53H28F15N/c54-49(55,56)35-20-33(21-36(27-35)50(57,58)59)31-15-18-47-43(25-31)44-26-32(34-22-37(51(60,61)62)28-38(23-34)52(63,64)65)16-19-48(44)69(47)46-13-7-5-11-41(46)39-17-14-30(29-8-2-1-3-9-29)24-42(39)40-10-4-6-12-45(40)53(66,67)68/h1-28H. The molecule has 0 radical (unpaired) electrons. The van der Waals surface area contributed by atoms with Gasteiger partial charge in [0, 0.05) is 16.3 Å². The Morgan fingerprint density at radius 1 is 0.261 bits per heavy atom. The third kappa shape index (κ3) is 9.02. The summed E-state index contributed by atoms with van der Waals surface area (Å²) in [4.78, 5) is 0. The van der Waals surface area contributed by atoms with Crippen molar-refractivity contribution in [3.63, 3.8) is 0 Å². The van der Waals surface area contributed by atoms with Gasteiger partial charge in [-0.25, -0.2) is 0 Å². The van der Waals surface area contributed by atoms with Gasteiger partial charge in [-0.15, -0.1) is 0 Å². The van der Waals surface area contributed by atoms with Crippen molar-refractivity contribution in [1.29, 1.82) is 0 Å². The van der Waals surface area contributed by atoms with E-state index in [0.717, 1.165) is 6.07 Å². The molecule has 1 heterocycles. The van der Waals surface area contributed by atoms with Crippen LogP contribution in [0, 0.1) is 0 Å². The minimum Gasteiger partial charge on any atom is -0.309 e. The van der Waals surface area contributed by atoms with Gasteiger partial charge in [-0.05, 0) is 129 Å². The molecular weight excluding hydrogens is 936 g/mol. The molecule has 9 aromatic rings. The summed E-state index contributed by atoms with van der Waals surface area (Å²) >= 11 is 0. The van der Waals surface area contributed by atoms with Gasteiger partial charge < -0.3 is 4.57 Å². The van der Waals surface area contributed by atoms with Crippen molar-refractivity contribution in [2.75, 3.05) is 0 Å². The summed E-state index contributed by atoms with van der Waals surface area (Å²) in [5, 5.41) is 0.186. The lowest BCUT2D eigenvalue weighted by molar-refractivity contribution is -0.144. The quantitative estimate of drug-likeness (QED) is 0.146. The van der Waals surface area contributed by atoms with Gasteiger partial charge in [-0.3, -0.25) is 0 Å². The van der Waals surface area contributed by atoms with Gasteiger partial charge in [-0.2, -0.15) is 65.9 Å². The fraction of sp³-hybridized carbons (Fsp3) is 0.0943. The number of benzene rings is 8. The molecule has 0 aliphatic rings. The first-order valence-corrected chi connectivity index (χ1v) is 20.5.